The fourth-order valence-electron chi connectivity index (χ4n) is 2.70. The standard InChI is InChI=1S/C22H14FNO5S/c23-17-12-10-15(11-13-17)21-24-19(22(25)28-21)14-16-6-4-5-9-20(16)29-30(26,27)18-7-2-1-3-8-18/h1-14H/b19-14-. The van der Waals surface area contributed by atoms with Crippen molar-refractivity contribution in [3.63, 3.8) is 0 Å². The summed E-state index contributed by atoms with van der Waals surface area (Å²) in [4.78, 5) is 16.4. The molecule has 0 bridgehead atoms. The van der Waals surface area contributed by atoms with Gasteiger partial charge in [-0.3, -0.25) is 0 Å². The Hall–Kier alpha value is -3.78. The van der Waals surface area contributed by atoms with E-state index in [9.17, 15) is 17.6 Å². The van der Waals surface area contributed by atoms with Crippen molar-refractivity contribution in [2.75, 3.05) is 0 Å². The Morgan fingerprint density at radius 3 is 2.30 bits per heavy atom. The van der Waals surface area contributed by atoms with E-state index >= 15 is 0 Å². The maximum atomic E-state index is 13.1. The van der Waals surface area contributed by atoms with Gasteiger partial charge in [0.1, 0.15) is 16.5 Å². The topological polar surface area (TPSA) is 82.0 Å². The van der Waals surface area contributed by atoms with Gasteiger partial charge in [0, 0.05) is 11.1 Å². The average Bonchev–Trinajstić information content (AvgIpc) is 3.11. The van der Waals surface area contributed by atoms with E-state index < -0.39 is 21.9 Å². The van der Waals surface area contributed by atoms with Crippen molar-refractivity contribution in [1.82, 2.24) is 0 Å². The van der Waals surface area contributed by atoms with Crippen LogP contribution in [0.4, 0.5) is 4.39 Å². The molecule has 3 aromatic rings. The maximum absolute atomic E-state index is 13.1. The Kier molecular flexibility index (Phi) is 5.16. The molecule has 1 aliphatic heterocycles. The SMILES string of the molecule is O=C1OC(c2ccc(F)cc2)=N/C1=C\c1ccccc1OS(=O)(=O)c1ccccc1. The highest BCUT2D eigenvalue weighted by atomic mass is 32.2. The first-order valence-corrected chi connectivity index (χ1v) is 10.2. The number of para-hydroxylation sites is 1. The average molecular weight is 423 g/mol. The smallest absolute Gasteiger partial charge is 0.363 e. The van der Waals surface area contributed by atoms with E-state index in [-0.39, 0.29) is 22.2 Å². The second-order valence-electron chi connectivity index (χ2n) is 6.23. The number of halogens is 1. The number of nitrogens with zero attached hydrogens (tertiary/aromatic N) is 1. The van der Waals surface area contributed by atoms with E-state index in [0.717, 1.165) is 0 Å². The molecule has 0 N–H and O–H groups in total. The first-order chi connectivity index (χ1) is 14.4. The van der Waals surface area contributed by atoms with Crippen LogP contribution in [-0.2, 0) is 19.6 Å². The Labute approximate surface area is 172 Å². The lowest BCUT2D eigenvalue weighted by Gasteiger charge is -2.09. The predicted molar refractivity (Wildman–Crippen MR) is 108 cm³/mol. The first-order valence-electron chi connectivity index (χ1n) is 8.79. The molecule has 4 rings (SSSR count). The molecule has 0 fully saturated rings. The Balaban J connectivity index is 1.66. The van der Waals surface area contributed by atoms with E-state index in [4.69, 9.17) is 8.92 Å². The summed E-state index contributed by atoms with van der Waals surface area (Å²) in [6.07, 6.45) is 1.37. The fraction of sp³-hybridized carbons (Fsp3) is 0. The molecule has 0 saturated heterocycles. The summed E-state index contributed by atoms with van der Waals surface area (Å²) in [5.74, 6) is -1.08. The summed E-state index contributed by atoms with van der Waals surface area (Å²) in [5, 5.41) is 0. The van der Waals surface area contributed by atoms with Crippen LogP contribution in [0.25, 0.3) is 6.08 Å². The van der Waals surface area contributed by atoms with Crippen LogP contribution < -0.4 is 4.18 Å². The van der Waals surface area contributed by atoms with Gasteiger partial charge in [0.05, 0.1) is 0 Å². The summed E-state index contributed by atoms with van der Waals surface area (Å²) in [6.45, 7) is 0. The molecule has 0 aliphatic carbocycles. The number of ether oxygens (including phenoxy) is 1. The number of hydrogen-bond acceptors (Lipinski definition) is 6. The van der Waals surface area contributed by atoms with Crippen molar-refractivity contribution in [1.29, 1.82) is 0 Å². The summed E-state index contributed by atoms with van der Waals surface area (Å²) in [5.41, 5.74) is 0.722. The van der Waals surface area contributed by atoms with Crippen molar-refractivity contribution >= 4 is 28.1 Å². The molecule has 0 aromatic heterocycles. The van der Waals surface area contributed by atoms with E-state index in [0.29, 0.717) is 11.1 Å². The fourth-order valence-corrected chi connectivity index (χ4v) is 3.68. The van der Waals surface area contributed by atoms with E-state index in [2.05, 4.69) is 4.99 Å². The minimum Gasteiger partial charge on any atom is -0.402 e. The minimum atomic E-state index is -4.06. The number of carbonyl (C=O) groups is 1. The third-order valence-corrected chi connectivity index (χ3v) is 5.40. The Morgan fingerprint density at radius 1 is 0.900 bits per heavy atom. The largest absolute Gasteiger partial charge is 0.402 e. The molecule has 0 amide bonds. The molecule has 0 radical (unpaired) electrons. The monoisotopic (exact) mass is 423 g/mol. The number of rotatable bonds is 5. The molecule has 0 spiro atoms. The molecule has 1 aliphatic rings. The van der Waals surface area contributed by atoms with Crippen molar-refractivity contribution < 1.29 is 26.5 Å². The molecule has 150 valence electrons. The van der Waals surface area contributed by atoms with E-state index in [1.165, 1.54) is 48.5 Å². The van der Waals surface area contributed by atoms with Crippen LogP contribution in [-0.4, -0.2) is 20.3 Å². The van der Waals surface area contributed by atoms with Crippen LogP contribution in [0.1, 0.15) is 11.1 Å². The molecule has 0 saturated carbocycles. The van der Waals surface area contributed by atoms with Gasteiger partial charge >= 0.3 is 16.1 Å². The molecule has 1 heterocycles. The zero-order valence-electron chi connectivity index (χ0n) is 15.4. The zero-order chi connectivity index (χ0) is 21.1. The lowest BCUT2D eigenvalue weighted by atomic mass is 10.1. The molecule has 0 atom stereocenters. The lowest BCUT2D eigenvalue weighted by molar-refractivity contribution is -0.129. The van der Waals surface area contributed by atoms with Gasteiger partial charge < -0.3 is 8.92 Å². The van der Waals surface area contributed by atoms with Crippen molar-refractivity contribution in [3.8, 4) is 5.75 Å². The summed E-state index contributed by atoms with van der Waals surface area (Å²) in [6, 6.07) is 19.4. The number of esters is 1. The van der Waals surface area contributed by atoms with Crippen LogP contribution in [0, 0.1) is 5.82 Å². The summed E-state index contributed by atoms with van der Waals surface area (Å²) < 4.78 is 48.6. The molecule has 0 unspecified atom stereocenters. The van der Waals surface area contributed by atoms with Crippen LogP contribution in [0.5, 0.6) is 5.75 Å². The Bertz CT molecular complexity index is 1270. The minimum absolute atomic E-state index is 0.00403. The van der Waals surface area contributed by atoms with Gasteiger partial charge in [-0.15, -0.1) is 0 Å². The van der Waals surface area contributed by atoms with Gasteiger partial charge in [-0.2, -0.15) is 8.42 Å². The van der Waals surface area contributed by atoms with E-state index in [1.54, 1.807) is 36.4 Å². The maximum Gasteiger partial charge on any atom is 0.363 e. The predicted octanol–water partition coefficient (Wildman–Crippen LogP) is 3.94. The van der Waals surface area contributed by atoms with Crippen molar-refractivity contribution in [3.05, 3.63) is 102 Å². The lowest BCUT2D eigenvalue weighted by Crippen LogP contribution is -2.10. The van der Waals surface area contributed by atoms with Gasteiger partial charge in [-0.25, -0.2) is 14.2 Å². The number of cyclic esters (lactones) is 1. The highest BCUT2D eigenvalue weighted by molar-refractivity contribution is 7.87. The van der Waals surface area contributed by atoms with Gasteiger partial charge in [0.15, 0.2) is 5.70 Å². The molecule has 3 aromatic carbocycles. The molecule has 30 heavy (non-hydrogen) atoms. The van der Waals surface area contributed by atoms with Gasteiger partial charge in [-0.05, 0) is 48.5 Å². The summed E-state index contributed by atoms with van der Waals surface area (Å²) >= 11 is 0. The molecular weight excluding hydrogens is 409 g/mol. The van der Waals surface area contributed by atoms with E-state index in [1.807, 2.05) is 0 Å². The van der Waals surface area contributed by atoms with Crippen LogP contribution in [0.15, 0.2) is 94.4 Å². The number of hydrogen-bond donors (Lipinski definition) is 0. The van der Waals surface area contributed by atoms with Crippen molar-refractivity contribution in [2.24, 2.45) is 4.99 Å². The van der Waals surface area contributed by atoms with Gasteiger partial charge in [-0.1, -0.05) is 36.4 Å². The second-order valence-corrected chi connectivity index (χ2v) is 7.78. The number of benzene rings is 3. The van der Waals surface area contributed by atoms with Gasteiger partial charge in [0.2, 0.25) is 5.90 Å². The van der Waals surface area contributed by atoms with Crippen LogP contribution >= 0.6 is 0 Å². The van der Waals surface area contributed by atoms with Crippen molar-refractivity contribution in [2.45, 2.75) is 4.90 Å². The molecule has 8 heteroatoms. The summed E-state index contributed by atoms with van der Waals surface area (Å²) in [7, 11) is -4.06. The number of carbonyl (C=O) groups excluding carboxylic acids is 1. The highest BCUT2D eigenvalue weighted by Gasteiger charge is 2.25. The third-order valence-electron chi connectivity index (χ3n) is 4.15. The molecule has 6 nitrogen and oxygen atoms in total. The van der Waals surface area contributed by atoms with Crippen LogP contribution in [0.3, 0.4) is 0 Å². The normalized spacial score (nSPS) is 15.0. The Morgan fingerprint density at radius 2 is 1.57 bits per heavy atom. The first kappa shape index (κ1) is 19.5. The van der Waals surface area contributed by atoms with Gasteiger partial charge in [0.25, 0.3) is 0 Å². The quantitative estimate of drug-likeness (QED) is 0.353. The third kappa shape index (κ3) is 4.13. The molecular formula is C22H14FNO5S. The number of aliphatic imine (C=N–C) groups is 1. The highest BCUT2D eigenvalue weighted by Crippen LogP contribution is 2.27. The van der Waals surface area contributed by atoms with Crippen LogP contribution in [0.2, 0.25) is 0 Å². The zero-order valence-corrected chi connectivity index (χ0v) is 16.2. The second kappa shape index (κ2) is 7.92.